The molecule has 2 aliphatic rings. The normalized spacial score (nSPS) is 18.4. The molecule has 0 unspecified atom stereocenters. The predicted octanol–water partition coefficient (Wildman–Crippen LogP) is 4.06. The van der Waals surface area contributed by atoms with Crippen molar-refractivity contribution in [3.63, 3.8) is 0 Å². The smallest absolute Gasteiger partial charge is 0.228 e. The number of rotatable bonds is 7. The first-order valence-electron chi connectivity index (χ1n) is 11.9. The van der Waals surface area contributed by atoms with Crippen molar-refractivity contribution >= 4 is 17.6 Å². The van der Waals surface area contributed by atoms with Gasteiger partial charge in [-0.1, -0.05) is 44.2 Å². The van der Waals surface area contributed by atoms with E-state index in [4.69, 9.17) is 9.97 Å². The van der Waals surface area contributed by atoms with Crippen LogP contribution in [0.25, 0.3) is 0 Å². The van der Waals surface area contributed by atoms with Crippen molar-refractivity contribution in [1.29, 1.82) is 0 Å². The van der Waals surface area contributed by atoms with Gasteiger partial charge in [0.25, 0.3) is 0 Å². The van der Waals surface area contributed by atoms with Gasteiger partial charge in [-0.25, -0.2) is 9.97 Å². The number of amides is 2. The maximum absolute atomic E-state index is 12.8. The Bertz CT molecular complexity index is 973. The average molecular weight is 435 g/mol. The van der Waals surface area contributed by atoms with Crippen molar-refractivity contribution in [3.05, 3.63) is 53.0 Å². The second kappa shape index (κ2) is 9.80. The van der Waals surface area contributed by atoms with Crippen LogP contribution in [0.4, 0.5) is 5.82 Å². The fourth-order valence-electron chi connectivity index (χ4n) is 4.78. The van der Waals surface area contributed by atoms with Crippen LogP contribution in [0.2, 0.25) is 0 Å². The topological polar surface area (TPSA) is 66.4 Å². The number of likely N-dealkylation sites (tertiary alicyclic amines) is 1. The largest absolute Gasteiger partial charge is 0.342 e. The number of carbonyl (C=O) groups excluding carboxylic acids is 2. The summed E-state index contributed by atoms with van der Waals surface area (Å²) in [7, 11) is 0. The van der Waals surface area contributed by atoms with Crippen molar-refractivity contribution < 1.29 is 9.59 Å². The highest BCUT2D eigenvalue weighted by molar-refractivity contribution is 5.95. The highest BCUT2D eigenvalue weighted by Crippen LogP contribution is 2.32. The standard InChI is InChI=1S/C26H34N4O2/c1-18(2)16-24(32)29-15-13-21(17-29)25-27-19(3)22-11-12-23(31)30(26(22)28-25)14-7-10-20-8-5-4-6-9-20/h4-6,8-9,18,21H,7,10-17H2,1-3H3/t21-/m1/s1. The third kappa shape index (κ3) is 5.00. The van der Waals surface area contributed by atoms with Gasteiger partial charge >= 0.3 is 0 Å². The zero-order valence-corrected chi connectivity index (χ0v) is 19.5. The Morgan fingerprint density at radius 2 is 1.94 bits per heavy atom. The Hall–Kier alpha value is -2.76. The molecule has 2 aliphatic heterocycles. The first-order valence-corrected chi connectivity index (χ1v) is 11.9. The van der Waals surface area contributed by atoms with E-state index in [0.717, 1.165) is 48.7 Å². The fraction of sp³-hybridized carbons (Fsp3) is 0.538. The molecule has 0 saturated carbocycles. The third-order valence-corrected chi connectivity index (χ3v) is 6.53. The molecule has 1 atom stereocenters. The summed E-state index contributed by atoms with van der Waals surface area (Å²) in [5, 5.41) is 0. The number of aryl methyl sites for hydroxylation is 2. The quantitative estimate of drug-likeness (QED) is 0.659. The van der Waals surface area contributed by atoms with Gasteiger partial charge in [0.2, 0.25) is 11.8 Å². The molecule has 0 bridgehead atoms. The maximum atomic E-state index is 12.8. The summed E-state index contributed by atoms with van der Waals surface area (Å²) in [4.78, 5) is 38.9. The van der Waals surface area contributed by atoms with E-state index in [1.807, 2.05) is 22.8 Å². The van der Waals surface area contributed by atoms with Crippen LogP contribution < -0.4 is 4.90 Å². The van der Waals surface area contributed by atoms with Gasteiger partial charge < -0.3 is 4.90 Å². The second-order valence-corrected chi connectivity index (χ2v) is 9.53. The van der Waals surface area contributed by atoms with Gasteiger partial charge in [0.1, 0.15) is 11.6 Å². The Balaban J connectivity index is 1.49. The lowest BCUT2D eigenvalue weighted by Crippen LogP contribution is -2.38. The van der Waals surface area contributed by atoms with Crippen LogP contribution in [0.3, 0.4) is 0 Å². The van der Waals surface area contributed by atoms with E-state index < -0.39 is 0 Å². The molecule has 170 valence electrons. The first kappa shape index (κ1) is 22.4. The molecule has 1 fully saturated rings. The van der Waals surface area contributed by atoms with Crippen LogP contribution in [0, 0.1) is 12.8 Å². The molecule has 32 heavy (non-hydrogen) atoms. The monoisotopic (exact) mass is 434 g/mol. The molecule has 1 aromatic heterocycles. The van der Waals surface area contributed by atoms with Crippen LogP contribution in [0.5, 0.6) is 0 Å². The number of benzene rings is 1. The van der Waals surface area contributed by atoms with Gasteiger partial charge in [0, 0.05) is 49.7 Å². The summed E-state index contributed by atoms with van der Waals surface area (Å²) in [6.07, 6.45) is 4.52. The van der Waals surface area contributed by atoms with E-state index in [2.05, 4.69) is 38.1 Å². The number of aromatic nitrogens is 2. The third-order valence-electron chi connectivity index (χ3n) is 6.53. The second-order valence-electron chi connectivity index (χ2n) is 9.53. The molecule has 6 heteroatoms. The van der Waals surface area contributed by atoms with Gasteiger partial charge in [-0.15, -0.1) is 0 Å². The lowest BCUT2D eigenvalue weighted by atomic mass is 10.0. The lowest BCUT2D eigenvalue weighted by molar-refractivity contribution is -0.130. The number of nitrogens with zero attached hydrogens (tertiary/aromatic N) is 4. The highest BCUT2D eigenvalue weighted by Gasteiger charge is 2.33. The zero-order chi connectivity index (χ0) is 22.7. The van der Waals surface area contributed by atoms with Crippen LogP contribution in [-0.2, 0) is 22.4 Å². The summed E-state index contributed by atoms with van der Waals surface area (Å²) in [6, 6.07) is 10.4. The summed E-state index contributed by atoms with van der Waals surface area (Å²) in [5.74, 6) is 2.44. The summed E-state index contributed by atoms with van der Waals surface area (Å²) in [6.45, 7) is 8.27. The summed E-state index contributed by atoms with van der Waals surface area (Å²) >= 11 is 0. The summed E-state index contributed by atoms with van der Waals surface area (Å²) < 4.78 is 0. The van der Waals surface area contributed by atoms with E-state index in [1.54, 1.807) is 0 Å². The van der Waals surface area contributed by atoms with Crippen LogP contribution in [-0.4, -0.2) is 46.3 Å². The van der Waals surface area contributed by atoms with E-state index in [0.29, 0.717) is 38.3 Å². The molecule has 2 aromatic rings. The molecular formula is C26H34N4O2. The molecule has 4 rings (SSSR count). The van der Waals surface area contributed by atoms with E-state index >= 15 is 0 Å². The molecule has 0 spiro atoms. The lowest BCUT2D eigenvalue weighted by Gasteiger charge is -2.30. The van der Waals surface area contributed by atoms with Crippen molar-refractivity contribution in [2.45, 2.75) is 65.2 Å². The molecule has 6 nitrogen and oxygen atoms in total. The van der Waals surface area contributed by atoms with E-state index in [9.17, 15) is 9.59 Å². The van der Waals surface area contributed by atoms with Crippen LogP contribution in [0.15, 0.2) is 30.3 Å². The Labute approximate surface area is 191 Å². The van der Waals surface area contributed by atoms with Gasteiger partial charge in [-0.2, -0.15) is 0 Å². The van der Waals surface area contributed by atoms with Crippen LogP contribution >= 0.6 is 0 Å². The van der Waals surface area contributed by atoms with Crippen molar-refractivity contribution in [2.75, 3.05) is 24.5 Å². The number of fused-ring (bicyclic) bond motifs is 1. The molecule has 1 saturated heterocycles. The number of hydrogen-bond donors (Lipinski definition) is 0. The van der Waals surface area contributed by atoms with Gasteiger partial charge in [0.05, 0.1) is 0 Å². The number of carbonyl (C=O) groups is 2. The number of anilines is 1. The molecule has 0 radical (unpaired) electrons. The SMILES string of the molecule is Cc1nc([C@@H]2CCN(C(=O)CC(C)C)C2)nc2c1CCC(=O)N2CCCc1ccccc1. The predicted molar refractivity (Wildman–Crippen MR) is 126 cm³/mol. The Morgan fingerprint density at radius 3 is 2.69 bits per heavy atom. The van der Waals surface area contributed by atoms with Crippen LogP contribution in [0.1, 0.15) is 68.1 Å². The molecular weight excluding hydrogens is 400 g/mol. The molecule has 3 heterocycles. The zero-order valence-electron chi connectivity index (χ0n) is 19.5. The highest BCUT2D eigenvalue weighted by atomic mass is 16.2. The average Bonchev–Trinajstić information content (AvgIpc) is 3.26. The van der Waals surface area contributed by atoms with Crippen molar-refractivity contribution in [2.24, 2.45) is 5.92 Å². The first-order chi connectivity index (χ1) is 15.4. The maximum Gasteiger partial charge on any atom is 0.228 e. The van der Waals surface area contributed by atoms with Crippen molar-refractivity contribution in [1.82, 2.24) is 14.9 Å². The minimum absolute atomic E-state index is 0.137. The minimum Gasteiger partial charge on any atom is -0.342 e. The molecule has 0 N–H and O–H groups in total. The molecule has 2 amide bonds. The summed E-state index contributed by atoms with van der Waals surface area (Å²) in [5.41, 5.74) is 3.35. The van der Waals surface area contributed by atoms with E-state index in [1.165, 1.54) is 5.56 Å². The van der Waals surface area contributed by atoms with Gasteiger partial charge in [-0.3, -0.25) is 14.5 Å². The van der Waals surface area contributed by atoms with Gasteiger partial charge in [0.15, 0.2) is 0 Å². The Morgan fingerprint density at radius 1 is 1.16 bits per heavy atom. The van der Waals surface area contributed by atoms with Gasteiger partial charge in [-0.05, 0) is 44.1 Å². The minimum atomic E-state index is 0.137. The fourth-order valence-corrected chi connectivity index (χ4v) is 4.78. The number of hydrogen-bond acceptors (Lipinski definition) is 4. The Kier molecular flexibility index (Phi) is 6.87. The molecule has 1 aromatic carbocycles. The molecule has 0 aliphatic carbocycles. The van der Waals surface area contributed by atoms with E-state index in [-0.39, 0.29) is 17.7 Å². The van der Waals surface area contributed by atoms with Crippen molar-refractivity contribution in [3.8, 4) is 0 Å².